The number of carbonyl (C=O) groups excluding carboxylic acids is 1. The lowest BCUT2D eigenvalue weighted by Crippen LogP contribution is -2.48. The molecule has 1 saturated heterocycles. The highest BCUT2D eigenvalue weighted by Gasteiger charge is 2.35. The molecule has 1 aliphatic heterocycles. The summed E-state index contributed by atoms with van der Waals surface area (Å²) in [6, 6.07) is 4.11. The smallest absolute Gasteiger partial charge is 0.227 e. The molecule has 0 saturated carbocycles. The summed E-state index contributed by atoms with van der Waals surface area (Å²) >= 11 is 5.99. The van der Waals surface area contributed by atoms with Gasteiger partial charge in [-0.2, -0.15) is 0 Å². The Labute approximate surface area is 136 Å². The monoisotopic (exact) mass is 327 g/mol. The van der Waals surface area contributed by atoms with E-state index in [0.29, 0.717) is 18.7 Å². The third-order valence-corrected chi connectivity index (χ3v) is 4.84. The summed E-state index contributed by atoms with van der Waals surface area (Å²) in [5.41, 5.74) is 0.471. The van der Waals surface area contributed by atoms with Gasteiger partial charge >= 0.3 is 0 Å². The molecular formula is C17H23ClFNO2. The molecule has 1 aromatic rings. The number of carbonyl (C=O) groups is 1. The molecule has 0 unspecified atom stereocenters. The number of likely N-dealkylation sites (tertiary alicyclic amines) is 1. The number of halogens is 2. The highest BCUT2D eigenvalue weighted by molar-refractivity contribution is 6.31. The van der Waals surface area contributed by atoms with Gasteiger partial charge < -0.3 is 10.0 Å². The predicted molar refractivity (Wildman–Crippen MR) is 85.4 cm³/mol. The van der Waals surface area contributed by atoms with E-state index in [-0.39, 0.29) is 29.4 Å². The van der Waals surface area contributed by atoms with Gasteiger partial charge in [-0.15, -0.1) is 0 Å². The molecule has 1 heterocycles. The number of nitrogens with zero attached hydrogens (tertiary/aromatic N) is 1. The van der Waals surface area contributed by atoms with Crippen LogP contribution >= 0.6 is 11.6 Å². The zero-order valence-electron chi connectivity index (χ0n) is 12.9. The van der Waals surface area contributed by atoms with Crippen molar-refractivity contribution < 1.29 is 14.3 Å². The molecule has 0 bridgehead atoms. The van der Waals surface area contributed by atoms with E-state index in [1.807, 2.05) is 4.90 Å². The molecule has 22 heavy (non-hydrogen) atoms. The van der Waals surface area contributed by atoms with Crippen molar-refractivity contribution in [2.75, 3.05) is 19.7 Å². The van der Waals surface area contributed by atoms with Gasteiger partial charge in [0.1, 0.15) is 5.82 Å². The number of hydrogen-bond acceptors (Lipinski definition) is 2. The van der Waals surface area contributed by atoms with Crippen LogP contribution in [-0.4, -0.2) is 35.6 Å². The Balaban J connectivity index is 2.05. The fourth-order valence-corrected chi connectivity index (χ4v) is 3.54. The molecule has 0 aliphatic carbocycles. The summed E-state index contributed by atoms with van der Waals surface area (Å²) in [5, 5.41) is 10.0. The predicted octanol–water partition coefficient (Wildman–Crippen LogP) is 3.42. The molecule has 1 aromatic carbocycles. The Bertz CT molecular complexity index is 533. The molecule has 3 nitrogen and oxygen atoms in total. The van der Waals surface area contributed by atoms with Crippen LogP contribution in [0.25, 0.3) is 0 Å². The van der Waals surface area contributed by atoms with Crippen molar-refractivity contribution in [1.29, 1.82) is 0 Å². The van der Waals surface area contributed by atoms with Crippen LogP contribution in [0, 0.1) is 11.2 Å². The number of amides is 1. The van der Waals surface area contributed by atoms with Crippen LogP contribution in [0.2, 0.25) is 5.02 Å². The van der Waals surface area contributed by atoms with Crippen LogP contribution in [0.15, 0.2) is 18.2 Å². The van der Waals surface area contributed by atoms with Crippen LogP contribution in [0.4, 0.5) is 4.39 Å². The number of aliphatic hydroxyl groups excluding tert-OH is 1. The Hall–Kier alpha value is -1.13. The Morgan fingerprint density at radius 1 is 1.50 bits per heavy atom. The van der Waals surface area contributed by atoms with Gasteiger partial charge in [-0.05, 0) is 37.0 Å². The van der Waals surface area contributed by atoms with Crippen molar-refractivity contribution in [2.45, 2.75) is 39.0 Å². The van der Waals surface area contributed by atoms with E-state index in [1.165, 1.54) is 12.1 Å². The van der Waals surface area contributed by atoms with Gasteiger partial charge in [0.05, 0.1) is 13.0 Å². The van der Waals surface area contributed by atoms with Gasteiger partial charge in [0.25, 0.3) is 0 Å². The average Bonchev–Trinajstić information content (AvgIpc) is 2.50. The highest BCUT2D eigenvalue weighted by atomic mass is 35.5. The first-order chi connectivity index (χ1) is 10.5. The molecule has 122 valence electrons. The number of hydrogen-bond donors (Lipinski definition) is 1. The molecular weight excluding hydrogens is 305 g/mol. The van der Waals surface area contributed by atoms with Crippen molar-refractivity contribution in [3.8, 4) is 0 Å². The van der Waals surface area contributed by atoms with Gasteiger partial charge in [0.15, 0.2) is 0 Å². The molecule has 1 amide bonds. The fourth-order valence-electron chi connectivity index (χ4n) is 3.30. The van der Waals surface area contributed by atoms with E-state index in [9.17, 15) is 14.3 Å². The minimum Gasteiger partial charge on any atom is -0.396 e. The number of piperidine rings is 1. The van der Waals surface area contributed by atoms with Gasteiger partial charge in [0.2, 0.25) is 5.91 Å². The molecule has 0 radical (unpaired) electrons. The maximum Gasteiger partial charge on any atom is 0.227 e. The third kappa shape index (κ3) is 3.99. The Morgan fingerprint density at radius 3 is 2.91 bits per heavy atom. The summed E-state index contributed by atoms with van der Waals surface area (Å²) < 4.78 is 13.1. The van der Waals surface area contributed by atoms with E-state index in [1.54, 1.807) is 6.07 Å². The Kier molecular flexibility index (Phi) is 5.81. The van der Waals surface area contributed by atoms with Crippen LogP contribution in [0.5, 0.6) is 0 Å². The summed E-state index contributed by atoms with van der Waals surface area (Å²) in [4.78, 5) is 14.3. The maximum absolute atomic E-state index is 13.1. The molecule has 1 fully saturated rings. The summed E-state index contributed by atoms with van der Waals surface area (Å²) in [6.07, 6.45) is 3.95. The van der Waals surface area contributed by atoms with Gasteiger partial charge in [-0.1, -0.05) is 31.0 Å². The largest absolute Gasteiger partial charge is 0.396 e. The molecule has 0 aromatic heterocycles. The second kappa shape index (κ2) is 7.42. The van der Waals surface area contributed by atoms with Crippen LogP contribution in [-0.2, 0) is 11.2 Å². The quantitative estimate of drug-likeness (QED) is 0.900. The van der Waals surface area contributed by atoms with E-state index in [2.05, 4.69) is 6.92 Å². The summed E-state index contributed by atoms with van der Waals surface area (Å²) in [7, 11) is 0. The van der Waals surface area contributed by atoms with E-state index >= 15 is 0 Å². The summed E-state index contributed by atoms with van der Waals surface area (Å²) in [5.74, 6) is -0.413. The molecule has 0 spiro atoms. The van der Waals surface area contributed by atoms with Crippen molar-refractivity contribution in [3.63, 3.8) is 0 Å². The molecule has 1 N–H and O–H groups in total. The second-order valence-electron chi connectivity index (χ2n) is 6.24. The molecule has 2 rings (SSSR count). The van der Waals surface area contributed by atoms with Crippen molar-refractivity contribution in [1.82, 2.24) is 4.90 Å². The van der Waals surface area contributed by atoms with Crippen molar-refractivity contribution in [3.05, 3.63) is 34.6 Å². The van der Waals surface area contributed by atoms with Crippen molar-refractivity contribution in [2.24, 2.45) is 5.41 Å². The summed E-state index contributed by atoms with van der Waals surface area (Å²) in [6.45, 7) is 3.51. The average molecular weight is 328 g/mol. The van der Waals surface area contributed by atoms with Crippen LogP contribution < -0.4 is 0 Å². The van der Waals surface area contributed by atoms with Crippen molar-refractivity contribution >= 4 is 17.5 Å². The van der Waals surface area contributed by atoms with Gasteiger partial charge in [-0.25, -0.2) is 4.39 Å². The molecule has 1 atom stereocenters. The van der Waals surface area contributed by atoms with Gasteiger partial charge in [-0.3, -0.25) is 4.79 Å². The topological polar surface area (TPSA) is 40.5 Å². The third-order valence-electron chi connectivity index (χ3n) is 4.49. The molecule has 1 aliphatic rings. The van der Waals surface area contributed by atoms with E-state index < -0.39 is 5.82 Å². The molecule has 5 heteroatoms. The fraction of sp³-hybridized carbons (Fsp3) is 0.588. The number of rotatable bonds is 5. The van der Waals surface area contributed by atoms with E-state index in [4.69, 9.17) is 11.6 Å². The lowest BCUT2D eigenvalue weighted by Gasteiger charge is -2.42. The van der Waals surface area contributed by atoms with Crippen LogP contribution in [0.3, 0.4) is 0 Å². The lowest BCUT2D eigenvalue weighted by molar-refractivity contribution is -0.135. The van der Waals surface area contributed by atoms with Crippen LogP contribution in [0.1, 0.15) is 38.2 Å². The first kappa shape index (κ1) is 17.2. The zero-order valence-corrected chi connectivity index (χ0v) is 13.7. The SMILES string of the molecule is CCC[C@@]1(CO)CCCN(C(=O)Cc2ccc(F)cc2Cl)C1. The normalized spacial score (nSPS) is 21.9. The number of benzene rings is 1. The standard InChI is InChI=1S/C17H23ClFNO2/c1-2-6-17(12-21)7-3-8-20(11-17)16(22)9-13-4-5-14(19)10-15(13)18/h4-5,10,21H,2-3,6-9,11-12H2,1H3/t17-/m1/s1. The lowest BCUT2D eigenvalue weighted by atomic mass is 9.77. The van der Waals surface area contributed by atoms with Gasteiger partial charge in [0, 0.05) is 23.5 Å². The maximum atomic E-state index is 13.1. The number of aliphatic hydroxyl groups is 1. The minimum atomic E-state index is -0.401. The minimum absolute atomic E-state index is 0.0119. The zero-order chi connectivity index (χ0) is 16.2. The van der Waals surface area contributed by atoms with E-state index in [0.717, 1.165) is 25.7 Å². The second-order valence-corrected chi connectivity index (χ2v) is 6.65. The first-order valence-corrected chi connectivity index (χ1v) is 8.20. The first-order valence-electron chi connectivity index (χ1n) is 7.82. The highest BCUT2D eigenvalue weighted by Crippen LogP contribution is 2.34. The Morgan fingerprint density at radius 2 is 2.27 bits per heavy atom.